The lowest BCUT2D eigenvalue weighted by Gasteiger charge is -2.21. The van der Waals surface area contributed by atoms with E-state index in [1.807, 2.05) is 40.7 Å². The average Bonchev–Trinajstić information content (AvgIpc) is 2.34. The third-order valence-electron chi connectivity index (χ3n) is 2.16. The summed E-state index contributed by atoms with van der Waals surface area (Å²) in [5, 5.41) is 19.0. The summed E-state index contributed by atoms with van der Waals surface area (Å²) in [5.74, 6) is 0.196. The molecule has 2 heteroatoms. The number of hydrogen-bond acceptors (Lipinski definition) is 2. The molecule has 0 unspecified atom stereocenters. The normalized spacial score (nSPS) is 11.7. The van der Waals surface area contributed by atoms with E-state index in [4.69, 9.17) is 5.11 Å². The molecule has 102 valence electrons. The number of benzene rings is 1. The van der Waals surface area contributed by atoms with E-state index in [0.29, 0.717) is 6.42 Å². The van der Waals surface area contributed by atoms with Gasteiger partial charge < -0.3 is 10.2 Å². The van der Waals surface area contributed by atoms with Crippen LogP contribution in [-0.2, 0) is 5.60 Å². The fraction of sp³-hybridized carbons (Fsp3) is 0.600. The predicted octanol–water partition coefficient (Wildman–Crippen LogP) is 4.70. The summed E-state index contributed by atoms with van der Waals surface area (Å²) in [6, 6.07) is 6.72. The molecule has 1 atom stereocenters. The number of aromatic hydroxyl groups is 1. The van der Waals surface area contributed by atoms with Gasteiger partial charge in [0.2, 0.25) is 0 Å². The van der Waals surface area contributed by atoms with Crippen LogP contribution in [0.4, 0.5) is 0 Å². The molecule has 0 aliphatic heterocycles. The average molecular weight is 242 g/mol. The van der Waals surface area contributed by atoms with Crippen molar-refractivity contribution < 1.29 is 10.2 Å². The van der Waals surface area contributed by atoms with Crippen LogP contribution in [-0.4, -0.2) is 10.2 Å². The summed E-state index contributed by atoms with van der Waals surface area (Å²) in [7, 11) is 0. The Kier molecular flexibility index (Phi) is 14.4. The molecule has 0 saturated carbocycles. The maximum atomic E-state index is 9.81. The van der Waals surface area contributed by atoms with Crippen molar-refractivity contribution in [3.05, 3.63) is 29.8 Å². The maximum Gasteiger partial charge on any atom is 0.115 e. The van der Waals surface area contributed by atoms with E-state index in [-0.39, 0.29) is 13.2 Å². The standard InChI is InChI=1S/C10H14O2.2C2H6.CH4/c1-3-10(2,12)8-5-4-6-9(11)7-8;2*1-2;/h4-7,11-12H,3H2,1-2H3;2*1-2H3;1H4/t10-;;;/m0.../s1. The minimum Gasteiger partial charge on any atom is -0.508 e. The topological polar surface area (TPSA) is 40.5 Å². The SMILES string of the molecule is C.CC.CC.CC[C@](C)(O)c1cccc(O)c1. The highest BCUT2D eigenvalue weighted by atomic mass is 16.3. The van der Waals surface area contributed by atoms with Crippen LogP contribution in [0.3, 0.4) is 0 Å². The predicted molar refractivity (Wildman–Crippen MR) is 77.4 cm³/mol. The zero-order valence-electron chi connectivity index (χ0n) is 11.4. The van der Waals surface area contributed by atoms with Crippen molar-refractivity contribution in [2.75, 3.05) is 0 Å². The Labute approximate surface area is 107 Å². The van der Waals surface area contributed by atoms with E-state index in [2.05, 4.69) is 0 Å². The number of phenolic OH excluding ortho intramolecular Hbond substituents is 1. The van der Waals surface area contributed by atoms with Crippen molar-refractivity contribution in [1.82, 2.24) is 0 Å². The van der Waals surface area contributed by atoms with Crippen molar-refractivity contribution >= 4 is 0 Å². The summed E-state index contributed by atoms with van der Waals surface area (Å²) in [5.41, 5.74) is -0.0800. The third kappa shape index (κ3) is 7.81. The summed E-state index contributed by atoms with van der Waals surface area (Å²) in [6.07, 6.45) is 0.635. The second kappa shape index (κ2) is 11.5. The van der Waals surface area contributed by atoms with Crippen molar-refractivity contribution in [3.63, 3.8) is 0 Å². The number of rotatable bonds is 2. The van der Waals surface area contributed by atoms with Gasteiger partial charge >= 0.3 is 0 Å². The van der Waals surface area contributed by atoms with E-state index < -0.39 is 5.60 Å². The van der Waals surface area contributed by atoms with E-state index >= 15 is 0 Å². The van der Waals surface area contributed by atoms with Crippen LogP contribution < -0.4 is 0 Å². The highest BCUT2D eigenvalue weighted by molar-refractivity contribution is 5.30. The monoisotopic (exact) mass is 242 g/mol. The fourth-order valence-electron chi connectivity index (χ4n) is 1.05. The van der Waals surface area contributed by atoms with Gasteiger partial charge in [-0.2, -0.15) is 0 Å². The first kappa shape index (κ1) is 21.3. The summed E-state index contributed by atoms with van der Waals surface area (Å²) in [6.45, 7) is 11.6. The molecule has 0 radical (unpaired) electrons. The van der Waals surface area contributed by atoms with Crippen molar-refractivity contribution in [2.24, 2.45) is 0 Å². The minimum absolute atomic E-state index is 0. The molecule has 0 amide bonds. The van der Waals surface area contributed by atoms with E-state index in [9.17, 15) is 5.11 Å². The van der Waals surface area contributed by atoms with Crippen LogP contribution in [0.25, 0.3) is 0 Å². The Morgan fingerprint density at radius 1 is 1.12 bits per heavy atom. The van der Waals surface area contributed by atoms with Crippen LogP contribution in [0.15, 0.2) is 24.3 Å². The number of aliphatic hydroxyl groups is 1. The lowest BCUT2D eigenvalue weighted by molar-refractivity contribution is 0.0528. The second-order valence-electron chi connectivity index (χ2n) is 3.18. The molecule has 1 rings (SSSR count). The molecule has 2 N–H and O–H groups in total. The molecule has 0 fully saturated rings. The number of hydrogen-bond donors (Lipinski definition) is 2. The smallest absolute Gasteiger partial charge is 0.115 e. The first-order valence-corrected chi connectivity index (χ1v) is 6.08. The van der Waals surface area contributed by atoms with Crippen LogP contribution >= 0.6 is 0 Å². The van der Waals surface area contributed by atoms with Gasteiger partial charge in [-0.1, -0.05) is 54.2 Å². The quantitative estimate of drug-likeness (QED) is 0.789. The van der Waals surface area contributed by atoms with Gasteiger partial charge in [-0.15, -0.1) is 0 Å². The van der Waals surface area contributed by atoms with E-state index in [1.54, 1.807) is 25.1 Å². The Bertz CT molecular complexity index is 267. The molecule has 1 aromatic rings. The van der Waals surface area contributed by atoms with Crippen LogP contribution in [0.1, 0.15) is 61.0 Å². The van der Waals surface area contributed by atoms with Gasteiger partial charge in [0.25, 0.3) is 0 Å². The molecular weight excluding hydrogens is 212 g/mol. The molecule has 17 heavy (non-hydrogen) atoms. The van der Waals surface area contributed by atoms with Crippen LogP contribution in [0.5, 0.6) is 5.75 Å². The zero-order valence-corrected chi connectivity index (χ0v) is 11.4. The van der Waals surface area contributed by atoms with Crippen LogP contribution in [0.2, 0.25) is 0 Å². The van der Waals surface area contributed by atoms with Crippen molar-refractivity contribution in [1.29, 1.82) is 0 Å². The molecule has 0 saturated heterocycles. The Morgan fingerprint density at radius 2 is 1.59 bits per heavy atom. The van der Waals surface area contributed by atoms with Crippen molar-refractivity contribution in [2.45, 2.75) is 61.0 Å². The van der Waals surface area contributed by atoms with Crippen molar-refractivity contribution in [3.8, 4) is 5.75 Å². The fourth-order valence-corrected chi connectivity index (χ4v) is 1.05. The maximum absolute atomic E-state index is 9.81. The lowest BCUT2D eigenvalue weighted by Crippen LogP contribution is -2.19. The van der Waals surface area contributed by atoms with Gasteiger partial charge in [0.15, 0.2) is 0 Å². The lowest BCUT2D eigenvalue weighted by atomic mass is 9.93. The zero-order chi connectivity index (χ0) is 13.2. The summed E-state index contributed by atoms with van der Waals surface area (Å²) in [4.78, 5) is 0. The Balaban J connectivity index is -0.000000355. The Hall–Kier alpha value is -1.02. The highest BCUT2D eigenvalue weighted by Gasteiger charge is 2.20. The van der Waals surface area contributed by atoms with Gasteiger partial charge in [0, 0.05) is 0 Å². The van der Waals surface area contributed by atoms with Gasteiger partial charge in [-0.3, -0.25) is 0 Å². The van der Waals surface area contributed by atoms with Crippen LogP contribution in [0, 0.1) is 0 Å². The number of phenols is 1. The summed E-state index contributed by atoms with van der Waals surface area (Å²) < 4.78 is 0. The molecular formula is C15H30O2. The highest BCUT2D eigenvalue weighted by Crippen LogP contribution is 2.26. The summed E-state index contributed by atoms with van der Waals surface area (Å²) >= 11 is 0. The molecule has 1 aromatic carbocycles. The van der Waals surface area contributed by atoms with E-state index in [0.717, 1.165) is 5.56 Å². The van der Waals surface area contributed by atoms with E-state index in [1.165, 1.54) is 0 Å². The molecule has 0 bridgehead atoms. The first-order chi connectivity index (χ1) is 7.56. The van der Waals surface area contributed by atoms with Gasteiger partial charge in [-0.05, 0) is 31.0 Å². The van der Waals surface area contributed by atoms with Gasteiger partial charge in [0.05, 0.1) is 5.60 Å². The molecule has 0 aliphatic carbocycles. The minimum atomic E-state index is -0.835. The Morgan fingerprint density at radius 3 is 1.94 bits per heavy atom. The first-order valence-electron chi connectivity index (χ1n) is 6.08. The molecule has 0 heterocycles. The molecule has 0 aromatic heterocycles. The van der Waals surface area contributed by atoms with Gasteiger partial charge in [-0.25, -0.2) is 0 Å². The second-order valence-corrected chi connectivity index (χ2v) is 3.18. The third-order valence-corrected chi connectivity index (χ3v) is 2.16. The molecule has 2 nitrogen and oxygen atoms in total. The van der Waals surface area contributed by atoms with Gasteiger partial charge in [0.1, 0.15) is 5.75 Å². The molecule has 0 aliphatic rings. The molecule has 0 spiro atoms. The largest absolute Gasteiger partial charge is 0.508 e.